The number of sulfone groups is 1. The van der Waals surface area contributed by atoms with Crippen LogP contribution in [0.2, 0.25) is 5.02 Å². The number of hydrogen-bond donors (Lipinski definition) is 0. The molecule has 0 bridgehead atoms. The molecular weight excluding hydrogens is 444 g/mol. The van der Waals surface area contributed by atoms with E-state index in [1.165, 1.54) is 43.5 Å². The first-order valence-electron chi connectivity index (χ1n) is 9.51. The molecule has 10 heteroatoms. The topological polar surface area (TPSA) is 93.2 Å². The largest absolute Gasteiger partial charge is 0.496 e. The predicted molar refractivity (Wildman–Crippen MR) is 115 cm³/mol. The van der Waals surface area contributed by atoms with Crippen LogP contribution < -0.4 is 9.47 Å². The summed E-state index contributed by atoms with van der Waals surface area (Å²) < 4.78 is 36.0. The molecule has 31 heavy (non-hydrogen) atoms. The summed E-state index contributed by atoms with van der Waals surface area (Å²) in [6, 6.07) is 9.33. The number of aryl methyl sites for hydroxylation is 1. The zero-order chi connectivity index (χ0) is 22.8. The fourth-order valence-corrected chi connectivity index (χ4v) is 4.81. The van der Waals surface area contributed by atoms with Crippen molar-refractivity contribution in [3.63, 3.8) is 0 Å². The Morgan fingerprint density at radius 3 is 2.26 bits per heavy atom. The van der Waals surface area contributed by atoms with Crippen molar-refractivity contribution in [2.24, 2.45) is 0 Å². The van der Waals surface area contributed by atoms with E-state index in [1.807, 2.05) is 6.92 Å². The molecule has 0 atom stereocenters. The van der Waals surface area contributed by atoms with Crippen LogP contribution in [0.1, 0.15) is 22.3 Å². The van der Waals surface area contributed by atoms with Gasteiger partial charge < -0.3 is 9.47 Å². The summed E-state index contributed by atoms with van der Waals surface area (Å²) >= 11 is 6.16. The molecule has 2 aromatic rings. The van der Waals surface area contributed by atoms with Crippen molar-refractivity contribution < 1.29 is 27.5 Å². The smallest absolute Gasteiger partial charge is 0.280 e. The standard InChI is InChI=1S/C21H23ClN2O6S/c1-14-5-7-15(8-6-14)31(27,28)13-18(25)23-11-4-12-24(23)21(26)19-17(29-2)10-9-16(22)20(19)30-3/h5-10H,4,11-13H2,1-3H3. The summed E-state index contributed by atoms with van der Waals surface area (Å²) in [6.07, 6.45) is 0.507. The van der Waals surface area contributed by atoms with E-state index < -0.39 is 27.4 Å². The molecule has 1 fully saturated rings. The third-order valence-corrected chi connectivity index (χ3v) is 6.87. The van der Waals surface area contributed by atoms with Crippen molar-refractivity contribution in [1.82, 2.24) is 10.0 Å². The highest BCUT2D eigenvalue weighted by Crippen LogP contribution is 2.37. The highest BCUT2D eigenvalue weighted by molar-refractivity contribution is 7.92. The fraction of sp³-hybridized carbons (Fsp3) is 0.333. The van der Waals surface area contributed by atoms with Crippen molar-refractivity contribution in [2.45, 2.75) is 18.2 Å². The van der Waals surface area contributed by atoms with Gasteiger partial charge in [-0.2, -0.15) is 0 Å². The first kappa shape index (κ1) is 22.9. The van der Waals surface area contributed by atoms with Gasteiger partial charge in [0.2, 0.25) is 0 Å². The molecule has 0 saturated carbocycles. The van der Waals surface area contributed by atoms with E-state index >= 15 is 0 Å². The second-order valence-electron chi connectivity index (χ2n) is 7.03. The molecule has 0 aromatic heterocycles. The molecule has 2 amide bonds. The number of rotatable bonds is 6. The van der Waals surface area contributed by atoms with Crippen LogP contribution in [-0.2, 0) is 14.6 Å². The van der Waals surface area contributed by atoms with Gasteiger partial charge in [-0.15, -0.1) is 0 Å². The third-order valence-electron chi connectivity index (χ3n) is 4.96. The van der Waals surface area contributed by atoms with E-state index in [0.717, 1.165) is 10.6 Å². The Balaban J connectivity index is 1.88. The average molecular weight is 467 g/mol. The number of nitrogens with zero attached hydrogens (tertiary/aromatic N) is 2. The summed E-state index contributed by atoms with van der Waals surface area (Å²) in [5, 5.41) is 2.59. The molecule has 0 spiro atoms. The number of ether oxygens (including phenoxy) is 2. The lowest BCUT2D eigenvalue weighted by molar-refractivity contribution is -0.137. The van der Waals surface area contributed by atoms with Crippen LogP contribution in [-0.4, -0.2) is 63.3 Å². The average Bonchev–Trinajstić information content (AvgIpc) is 3.23. The maximum atomic E-state index is 13.3. The van der Waals surface area contributed by atoms with Gasteiger partial charge in [0.05, 0.1) is 24.1 Å². The van der Waals surface area contributed by atoms with Crippen LogP contribution in [0.4, 0.5) is 0 Å². The molecule has 1 heterocycles. The molecule has 0 N–H and O–H groups in total. The number of hydrazine groups is 1. The molecule has 166 valence electrons. The third kappa shape index (κ3) is 4.62. The number of benzene rings is 2. The molecule has 2 aromatic carbocycles. The first-order chi connectivity index (χ1) is 14.7. The Hall–Kier alpha value is -2.78. The van der Waals surface area contributed by atoms with Gasteiger partial charge in [-0.1, -0.05) is 29.3 Å². The highest BCUT2D eigenvalue weighted by Gasteiger charge is 2.36. The molecular formula is C21H23ClN2O6S. The summed E-state index contributed by atoms with van der Waals surface area (Å²) in [4.78, 5) is 26.3. The molecule has 0 aliphatic carbocycles. The first-order valence-corrected chi connectivity index (χ1v) is 11.5. The van der Waals surface area contributed by atoms with Crippen molar-refractivity contribution in [3.05, 3.63) is 52.5 Å². The van der Waals surface area contributed by atoms with Gasteiger partial charge in [0.1, 0.15) is 17.1 Å². The zero-order valence-electron chi connectivity index (χ0n) is 17.4. The Labute approximate surface area is 186 Å². The molecule has 0 unspecified atom stereocenters. The lowest BCUT2D eigenvalue weighted by Gasteiger charge is -2.29. The van der Waals surface area contributed by atoms with Crippen LogP contribution in [0, 0.1) is 6.92 Å². The Morgan fingerprint density at radius 1 is 1.00 bits per heavy atom. The normalized spacial score (nSPS) is 13.9. The predicted octanol–water partition coefficient (Wildman–Crippen LogP) is 2.73. The van der Waals surface area contributed by atoms with E-state index in [0.29, 0.717) is 6.42 Å². The minimum atomic E-state index is -3.86. The van der Waals surface area contributed by atoms with E-state index in [9.17, 15) is 18.0 Å². The van der Waals surface area contributed by atoms with Gasteiger partial charge in [0.25, 0.3) is 11.8 Å². The lowest BCUT2D eigenvalue weighted by Crippen LogP contribution is -2.47. The quantitative estimate of drug-likeness (QED) is 0.649. The number of carbonyl (C=O) groups excluding carboxylic acids is 2. The zero-order valence-corrected chi connectivity index (χ0v) is 19.0. The van der Waals surface area contributed by atoms with E-state index in [2.05, 4.69) is 0 Å². The minimum absolute atomic E-state index is 0.0571. The fourth-order valence-electron chi connectivity index (χ4n) is 3.39. The summed E-state index contributed by atoms with van der Waals surface area (Å²) in [7, 11) is -1.08. The number of methoxy groups -OCH3 is 2. The van der Waals surface area contributed by atoms with Gasteiger partial charge in [-0.05, 0) is 37.6 Å². The van der Waals surface area contributed by atoms with E-state index in [-0.39, 0.29) is 40.1 Å². The molecule has 0 radical (unpaired) electrons. The maximum absolute atomic E-state index is 13.3. The van der Waals surface area contributed by atoms with Crippen molar-refractivity contribution in [1.29, 1.82) is 0 Å². The Kier molecular flexibility index (Phi) is 6.76. The van der Waals surface area contributed by atoms with E-state index in [1.54, 1.807) is 12.1 Å². The molecule has 8 nitrogen and oxygen atoms in total. The second kappa shape index (κ2) is 9.15. The summed E-state index contributed by atoms with van der Waals surface area (Å²) in [5.41, 5.74) is 0.976. The van der Waals surface area contributed by atoms with Crippen LogP contribution >= 0.6 is 11.6 Å². The van der Waals surface area contributed by atoms with Crippen LogP contribution in [0.3, 0.4) is 0 Å². The van der Waals surface area contributed by atoms with Gasteiger partial charge in [-0.25, -0.2) is 13.4 Å². The number of carbonyl (C=O) groups is 2. The number of hydrogen-bond acceptors (Lipinski definition) is 6. The number of amides is 2. The minimum Gasteiger partial charge on any atom is -0.496 e. The molecule has 1 aliphatic rings. The van der Waals surface area contributed by atoms with Crippen molar-refractivity contribution in [3.8, 4) is 11.5 Å². The molecule has 1 aliphatic heterocycles. The summed E-state index contributed by atoms with van der Waals surface area (Å²) in [5.74, 6) is -1.64. The van der Waals surface area contributed by atoms with E-state index in [4.69, 9.17) is 21.1 Å². The van der Waals surface area contributed by atoms with Crippen molar-refractivity contribution in [2.75, 3.05) is 33.1 Å². The van der Waals surface area contributed by atoms with Crippen LogP contribution in [0.5, 0.6) is 11.5 Å². The van der Waals surface area contributed by atoms with Gasteiger partial charge in [0, 0.05) is 13.1 Å². The van der Waals surface area contributed by atoms with Crippen LogP contribution in [0.15, 0.2) is 41.3 Å². The van der Waals surface area contributed by atoms with Crippen molar-refractivity contribution >= 4 is 33.3 Å². The lowest BCUT2D eigenvalue weighted by atomic mass is 10.1. The van der Waals surface area contributed by atoms with Gasteiger partial charge in [-0.3, -0.25) is 14.6 Å². The monoisotopic (exact) mass is 466 g/mol. The Bertz CT molecular complexity index is 1100. The van der Waals surface area contributed by atoms with Gasteiger partial charge >= 0.3 is 0 Å². The van der Waals surface area contributed by atoms with Gasteiger partial charge in [0.15, 0.2) is 15.6 Å². The highest BCUT2D eigenvalue weighted by atomic mass is 35.5. The van der Waals surface area contributed by atoms with Crippen LogP contribution in [0.25, 0.3) is 0 Å². The Morgan fingerprint density at radius 2 is 1.65 bits per heavy atom. The molecule has 3 rings (SSSR count). The second-order valence-corrected chi connectivity index (χ2v) is 9.43. The SMILES string of the molecule is COc1ccc(Cl)c(OC)c1C(=O)N1CCCN1C(=O)CS(=O)(=O)c1ccc(C)cc1. The molecule has 1 saturated heterocycles. The maximum Gasteiger partial charge on any atom is 0.280 e. The number of halogens is 1. The summed E-state index contributed by atoms with van der Waals surface area (Å²) in [6.45, 7) is 2.31.